The highest BCUT2D eigenvalue weighted by Gasteiger charge is 2.21. The van der Waals surface area contributed by atoms with Gasteiger partial charge in [0.1, 0.15) is 11.6 Å². The van der Waals surface area contributed by atoms with Crippen molar-refractivity contribution < 1.29 is 18.4 Å². The lowest BCUT2D eigenvalue weighted by Crippen LogP contribution is -2.43. The lowest BCUT2D eigenvalue weighted by atomic mass is 9.97. The van der Waals surface area contributed by atoms with Gasteiger partial charge in [0.25, 0.3) is 0 Å². The van der Waals surface area contributed by atoms with Crippen LogP contribution in [0.1, 0.15) is 24.2 Å². The normalized spacial score (nSPS) is 15.0. The number of carbonyl (C=O) groups excluding carboxylic acids is 2. The van der Waals surface area contributed by atoms with Crippen LogP contribution in [0.15, 0.2) is 53.2 Å². The van der Waals surface area contributed by atoms with Crippen molar-refractivity contribution in [3.05, 3.63) is 65.9 Å². The largest absolute Gasteiger partial charge is 0.465 e. The van der Waals surface area contributed by atoms with Crippen molar-refractivity contribution in [3.63, 3.8) is 0 Å². The molecule has 1 aromatic heterocycles. The van der Waals surface area contributed by atoms with E-state index in [-0.39, 0.29) is 17.8 Å². The Hall–Kier alpha value is -3.09. The Morgan fingerprint density at radius 1 is 1.14 bits per heavy atom. The minimum atomic E-state index is -0.297. The van der Waals surface area contributed by atoms with Gasteiger partial charge in [0.05, 0.1) is 6.26 Å². The molecule has 2 aromatic rings. The monoisotopic (exact) mass is 385 g/mol. The summed E-state index contributed by atoms with van der Waals surface area (Å²) in [6.45, 7) is 2.26. The number of benzene rings is 1. The zero-order valence-corrected chi connectivity index (χ0v) is 15.6. The maximum Gasteiger partial charge on any atom is 0.315 e. The van der Waals surface area contributed by atoms with Gasteiger partial charge in [0.2, 0.25) is 5.91 Å². The molecule has 1 fully saturated rings. The Labute approximate surface area is 163 Å². The van der Waals surface area contributed by atoms with Crippen molar-refractivity contribution >= 4 is 18.0 Å². The van der Waals surface area contributed by atoms with Crippen molar-refractivity contribution in [3.8, 4) is 0 Å². The van der Waals surface area contributed by atoms with Gasteiger partial charge in [-0.1, -0.05) is 12.1 Å². The fraction of sp³-hybridized carbons (Fsp3) is 0.333. The number of amides is 3. The molecule has 0 spiro atoms. The zero-order chi connectivity index (χ0) is 19.8. The second-order valence-corrected chi connectivity index (χ2v) is 6.81. The quantitative estimate of drug-likeness (QED) is 0.750. The van der Waals surface area contributed by atoms with Crippen LogP contribution in [0, 0.1) is 11.7 Å². The van der Waals surface area contributed by atoms with E-state index in [1.807, 2.05) is 4.90 Å². The molecule has 1 aromatic carbocycles. The molecule has 0 radical (unpaired) electrons. The summed E-state index contributed by atoms with van der Waals surface area (Å²) in [5, 5.41) is 5.63. The van der Waals surface area contributed by atoms with Crippen LogP contribution in [0.3, 0.4) is 0 Å². The highest BCUT2D eigenvalue weighted by Crippen LogP contribution is 2.17. The van der Waals surface area contributed by atoms with E-state index in [0.29, 0.717) is 37.9 Å². The molecule has 3 amide bonds. The fourth-order valence-electron chi connectivity index (χ4n) is 3.09. The van der Waals surface area contributed by atoms with E-state index in [0.717, 1.165) is 18.4 Å². The molecule has 6 nitrogen and oxygen atoms in total. The molecule has 0 atom stereocenters. The van der Waals surface area contributed by atoms with E-state index in [2.05, 4.69) is 10.6 Å². The highest BCUT2D eigenvalue weighted by molar-refractivity contribution is 5.91. The molecule has 28 heavy (non-hydrogen) atoms. The SMILES string of the molecule is O=C(NCc1ccc(F)cc1)NCC1CCN(C(=O)C=Cc2ccco2)CC1. The molecule has 1 saturated heterocycles. The number of likely N-dealkylation sites (tertiary alicyclic amines) is 1. The molecule has 2 N–H and O–H groups in total. The van der Waals surface area contributed by atoms with Gasteiger partial charge in [-0.2, -0.15) is 0 Å². The van der Waals surface area contributed by atoms with Crippen LogP contribution in [0.5, 0.6) is 0 Å². The minimum Gasteiger partial charge on any atom is -0.465 e. The summed E-state index contributed by atoms with van der Waals surface area (Å²) in [5.41, 5.74) is 0.839. The Morgan fingerprint density at radius 3 is 2.57 bits per heavy atom. The number of piperidine rings is 1. The molecule has 2 heterocycles. The number of hydrogen-bond donors (Lipinski definition) is 2. The van der Waals surface area contributed by atoms with Gasteiger partial charge < -0.3 is 20.0 Å². The van der Waals surface area contributed by atoms with Crippen LogP contribution in [0.25, 0.3) is 6.08 Å². The Kier molecular flexibility index (Phi) is 6.84. The Bertz CT molecular complexity index is 795. The van der Waals surface area contributed by atoms with Crippen molar-refractivity contribution in [2.45, 2.75) is 19.4 Å². The smallest absolute Gasteiger partial charge is 0.315 e. The third-order valence-corrected chi connectivity index (χ3v) is 4.78. The number of nitrogens with zero attached hydrogens (tertiary/aromatic N) is 1. The predicted molar refractivity (Wildman–Crippen MR) is 104 cm³/mol. The van der Waals surface area contributed by atoms with Gasteiger partial charge in [-0.15, -0.1) is 0 Å². The van der Waals surface area contributed by atoms with Crippen molar-refractivity contribution in [1.82, 2.24) is 15.5 Å². The van der Waals surface area contributed by atoms with E-state index in [9.17, 15) is 14.0 Å². The molecule has 7 heteroatoms. The second kappa shape index (κ2) is 9.73. The summed E-state index contributed by atoms with van der Waals surface area (Å²) in [6, 6.07) is 9.35. The van der Waals surface area contributed by atoms with E-state index in [4.69, 9.17) is 4.42 Å². The summed E-state index contributed by atoms with van der Waals surface area (Å²) in [4.78, 5) is 25.9. The summed E-state index contributed by atoms with van der Waals surface area (Å²) in [7, 11) is 0. The first-order valence-electron chi connectivity index (χ1n) is 9.37. The van der Waals surface area contributed by atoms with Gasteiger partial charge in [-0.3, -0.25) is 4.79 Å². The lowest BCUT2D eigenvalue weighted by molar-refractivity contribution is -0.127. The molecule has 1 aliphatic rings. The molecule has 148 valence electrons. The van der Waals surface area contributed by atoms with Gasteiger partial charge in [0, 0.05) is 32.3 Å². The first-order chi connectivity index (χ1) is 13.6. The first kappa shape index (κ1) is 19.7. The molecule has 0 saturated carbocycles. The van der Waals surface area contributed by atoms with Crippen molar-refractivity contribution in [1.29, 1.82) is 0 Å². The van der Waals surface area contributed by atoms with Gasteiger partial charge in [-0.25, -0.2) is 9.18 Å². The highest BCUT2D eigenvalue weighted by atomic mass is 19.1. The molecule has 1 aliphatic heterocycles. The number of urea groups is 1. The number of halogens is 1. The van der Waals surface area contributed by atoms with Crippen molar-refractivity contribution in [2.24, 2.45) is 5.92 Å². The Balaban J connectivity index is 1.33. The maximum absolute atomic E-state index is 12.9. The Morgan fingerprint density at radius 2 is 1.89 bits per heavy atom. The summed E-state index contributed by atoms with van der Waals surface area (Å²) in [5.74, 6) is 0.670. The molecule has 0 unspecified atom stereocenters. The average molecular weight is 385 g/mol. The van der Waals surface area contributed by atoms with E-state index in [1.54, 1.807) is 36.6 Å². The number of rotatable bonds is 6. The standard InChI is InChI=1S/C21H24FN3O3/c22-18-5-3-16(4-6-18)14-23-21(27)24-15-17-9-11-25(12-10-17)20(26)8-7-19-2-1-13-28-19/h1-8,13,17H,9-12,14-15H2,(H2,23,24,27). The number of furan rings is 1. The molecule has 0 aliphatic carbocycles. The van der Waals surface area contributed by atoms with Gasteiger partial charge in [0.15, 0.2) is 0 Å². The topological polar surface area (TPSA) is 74.6 Å². The molecular weight excluding hydrogens is 361 g/mol. The molecule has 0 bridgehead atoms. The van der Waals surface area contributed by atoms with E-state index in [1.165, 1.54) is 18.2 Å². The van der Waals surface area contributed by atoms with Crippen LogP contribution in [0.4, 0.5) is 9.18 Å². The van der Waals surface area contributed by atoms with Crippen LogP contribution in [-0.2, 0) is 11.3 Å². The third-order valence-electron chi connectivity index (χ3n) is 4.78. The van der Waals surface area contributed by atoms with E-state index < -0.39 is 0 Å². The average Bonchev–Trinajstić information content (AvgIpc) is 3.24. The molecule has 3 rings (SSSR count). The van der Waals surface area contributed by atoms with E-state index >= 15 is 0 Å². The minimum absolute atomic E-state index is 0.0279. The lowest BCUT2D eigenvalue weighted by Gasteiger charge is -2.31. The number of carbonyl (C=O) groups is 2. The summed E-state index contributed by atoms with van der Waals surface area (Å²) in [6.07, 6.45) is 6.46. The number of nitrogens with one attached hydrogen (secondary N) is 2. The summed E-state index contributed by atoms with van der Waals surface area (Å²) < 4.78 is 18.0. The van der Waals surface area contributed by atoms with Gasteiger partial charge >= 0.3 is 6.03 Å². The molecular formula is C21H24FN3O3. The fourth-order valence-corrected chi connectivity index (χ4v) is 3.09. The number of hydrogen-bond acceptors (Lipinski definition) is 3. The first-order valence-corrected chi connectivity index (χ1v) is 9.37. The van der Waals surface area contributed by atoms with Crippen LogP contribution < -0.4 is 10.6 Å². The van der Waals surface area contributed by atoms with Crippen LogP contribution in [-0.4, -0.2) is 36.5 Å². The van der Waals surface area contributed by atoms with Crippen LogP contribution in [0.2, 0.25) is 0 Å². The second-order valence-electron chi connectivity index (χ2n) is 6.81. The van der Waals surface area contributed by atoms with Crippen molar-refractivity contribution in [2.75, 3.05) is 19.6 Å². The predicted octanol–water partition coefficient (Wildman–Crippen LogP) is 3.17. The van der Waals surface area contributed by atoms with Gasteiger partial charge in [-0.05, 0) is 54.7 Å². The maximum atomic E-state index is 12.9. The zero-order valence-electron chi connectivity index (χ0n) is 15.6. The van der Waals surface area contributed by atoms with Crippen LogP contribution >= 0.6 is 0 Å². The third kappa shape index (κ3) is 5.97. The summed E-state index contributed by atoms with van der Waals surface area (Å²) >= 11 is 0.